The summed E-state index contributed by atoms with van der Waals surface area (Å²) in [5.41, 5.74) is 0.561. The second-order valence-corrected chi connectivity index (χ2v) is 7.51. The number of H-pyrrole nitrogens is 1. The maximum atomic E-state index is 11.8. The first-order valence-corrected chi connectivity index (χ1v) is 9.52. The van der Waals surface area contributed by atoms with E-state index < -0.39 is 0 Å². The van der Waals surface area contributed by atoms with Crippen molar-refractivity contribution in [1.82, 2.24) is 19.9 Å². The van der Waals surface area contributed by atoms with Gasteiger partial charge < -0.3 is 14.5 Å². The molecule has 2 aromatic heterocycles. The molecule has 27 heavy (non-hydrogen) atoms. The number of pyridine rings is 1. The van der Waals surface area contributed by atoms with Crippen LogP contribution in [0, 0.1) is 6.92 Å². The van der Waals surface area contributed by atoms with Crippen LogP contribution in [0.25, 0.3) is 0 Å². The molecule has 0 bridgehead atoms. The van der Waals surface area contributed by atoms with Gasteiger partial charge in [0.2, 0.25) is 5.88 Å². The van der Waals surface area contributed by atoms with Crippen molar-refractivity contribution in [3.63, 3.8) is 0 Å². The SMILES string of the molecule is CO[C@@]12CC[C@@H](Oc3ccccn3)C[C@@H]1N(Cc1cc(=O)[nH]c(C)n1)CC2. The van der Waals surface area contributed by atoms with Gasteiger partial charge in [-0.25, -0.2) is 9.97 Å². The Kier molecular flexibility index (Phi) is 4.97. The Balaban J connectivity index is 1.51. The number of rotatable bonds is 5. The van der Waals surface area contributed by atoms with Crippen LogP contribution >= 0.6 is 0 Å². The molecule has 2 aliphatic rings. The van der Waals surface area contributed by atoms with Crippen molar-refractivity contribution in [3.05, 3.63) is 52.3 Å². The number of hydrogen-bond donors (Lipinski definition) is 1. The van der Waals surface area contributed by atoms with Crippen LogP contribution < -0.4 is 10.3 Å². The van der Waals surface area contributed by atoms with E-state index >= 15 is 0 Å². The lowest BCUT2D eigenvalue weighted by molar-refractivity contribution is -0.0844. The Bertz CT molecular complexity index is 841. The number of hydrogen-bond acceptors (Lipinski definition) is 6. The summed E-state index contributed by atoms with van der Waals surface area (Å²) >= 11 is 0. The number of nitrogens with zero attached hydrogens (tertiary/aromatic N) is 3. The summed E-state index contributed by atoms with van der Waals surface area (Å²) in [6, 6.07) is 7.55. The normalized spacial score (nSPS) is 28.1. The highest BCUT2D eigenvalue weighted by atomic mass is 16.5. The molecule has 0 aromatic carbocycles. The van der Waals surface area contributed by atoms with Crippen molar-refractivity contribution in [2.75, 3.05) is 13.7 Å². The largest absolute Gasteiger partial charge is 0.474 e. The number of nitrogens with one attached hydrogen (secondary N) is 1. The number of aryl methyl sites for hydroxylation is 1. The Morgan fingerprint density at radius 1 is 1.37 bits per heavy atom. The second-order valence-electron chi connectivity index (χ2n) is 7.51. The number of aromatic nitrogens is 3. The highest BCUT2D eigenvalue weighted by Crippen LogP contribution is 2.43. The lowest BCUT2D eigenvalue weighted by Crippen LogP contribution is -2.52. The minimum absolute atomic E-state index is 0.102. The van der Waals surface area contributed by atoms with Gasteiger partial charge in [0.05, 0.1) is 11.3 Å². The molecule has 3 atom stereocenters. The Morgan fingerprint density at radius 2 is 2.26 bits per heavy atom. The molecule has 0 spiro atoms. The van der Waals surface area contributed by atoms with Gasteiger partial charge in [0, 0.05) is 51.0 Å². The van der Waals surface area contributed by atoms with Crippen molar-refractivity contribution in [1.29, 1.82) is 0 Å². The second kappa shape index (κ2) is 7.40. The highest BCUT2D eigenvalue weighted by Gasteiger charge is 2.51. The summed E-state index contributed by atoms with van der Waals surface area (Å²) in [7, 11) is 1.81. The fraction of sp³-hybridized carbons (Fsp3) is 0.550. The van der Waals surface area contributed by atoms with E-state index in [4.69, 9.17) is 9.47 Å². The molecule has 0 radical (unpaired) electrons. The van der Waals surface area contributed by atoms with E-state index in [1.807, 2.05) is 32.2 Å². The molecule has 1 saturated carbocycles. The third-order valence-corrected chi connectivity index (χ3v) is 5.86. The first-order chi connectivity index (χ1) is 13.1. The van der Waals surface area contributed by atoms with Gasteiger partial charge in [0.15, 0.2) is 0 Å². The Morgan fingerprint density at radius 3 is 3.00 bits per heavy atom. The summed E-state index contributed by atoms with van der Waals surface area (Å²) in [5.74, 6) is 1.32. The molecule has 1 aliphatic carbocycles. The maximum Gasteiger partial charge on any atom is 0.251 e. The molecule has 0 unspecified atom stereocenters. The van der Waals surface area contributed by atoms with E-state index in [-0.39, 0.29) is 23.3 Å². The number of methoxy groups -OCH3 is 1. The van der Waals surface area contributed by atoms with Crippen molar-refractivity contribution in [2.24, 2.45) is 0 Å². The molecule has 2 fully saturated rings. The van der Waals surface area contributed by atoms with Crippen LogP contribution in [0.15, 0.2) is 35.3 Å². The van der Waals surface area contributed by atoms with E-state index in [0.717, 1.165) is 37.9 Å². The molecule has 3 heterocycles. The molecule has 7 heteroatoms. The summed E-state index contributed by atoms with van der Waals surface area (Å²) in [6.45, 7) is 3.39. The van der Waals surface area contributed by atoms with Gasteiger partial charge in [-0.05, 0) is 32.3 Å². The maximum absolute atomic E-state index is 11.8. The van der Waals surface area contributed by atoms with E-state index in [0.29, 0.717) is 18.2 Å². The predicted molar refractivity (Wildman–Crippen MR) is 101 cm³/mol. The standard InChI is InChI=1S/C20H26N4O3/c1-14-22-15(11-18(25)23-14)13-24-10-8-20(26-2)7-6-16(12-17(20)24)27-19-5-3-4-9-21-19/h3-5,9,11,16-17H,6-8,10,12-13H2,1-2H3,(H,22,23,25)/t16-,17+,20-/m1/s1. The quantitative estimate of drug-likeness (QED) is 0.868. The number of fused-ring (bicyclic) bond motifs is 1. The van der Waals surface area contributed by atoms with E-state index in [2.05, 4.69) is 19.9 Å². The van der Waals surface area contributed by atoms with Crippen molar-refractivity contribution < 1.29 is 9.47 Å². The number of aromatic amines is 1. The topological polar surface area (TPSA) is 80.3 Å². The van der Waals surface area contributed by atoms with Gasteiger partial charge in [-0.2, -0.15) is 0 Å². The zero-order valence-corrected chi connectivity index (χ0v) is 15.9. The van der Waals surface area contributed by atoms with Gasteiger partial charge >= 0.3 is 0 Å². The molecule has 0 amide bonds. The smallest absolute Gasteiger partial charge is 0.251 e. The predicted octanol–water partition coefficient (Wildman–Crippen LogP) is 2.06. The summed E-state index contributed by atoms with van der Waals surface area (Å²) in [6.07, 6.45) is 5.66. The van der Waals surface area contributed by atoms with Crippen molar-refractivity contribution in [3.8, 4) is 5.88 Å². The lowest BCUT2D eigenvalue weighted by atomic mass is 9.79. The minimum Gasteiger partial charge on any atom is -0.474 e. The third-order valence-electron chi connectivity index (χ3n) is 5.86. The van der Waals surface area contributed by atoms with Gasteiger partial charge in [-0.3, -0.25) is 9.69 Å². The fourth-order valence-corrected chi connectivity index (χ4v) is 4.57. The van der Waals surface area contributed by atoms with Crippen molar-refractivity contribution in [2.45, 2.75) is 56.9 Å². The molecule has 1 saturated heterocycles. The molecule has 2 aromatic rings. The first kappa shape index (κ1) is 18.1. The van der Waals surface area contributed by atoms with E-state index in [1.165, 1.54) is 0 Å². The molecule has 144 valence electrons. The number of ether oxygens (including phenoxy) is 2. The third kappa shape index (κ3) is 3.75. The van der Waals surface area contributed by atoms with Crippen LogP contribution in [0.5, 0.6) is 5.88 Å². The summed E-state index contributed by atoms with van der Waals surface area (Å²) < 4.78 is 12.1. The zero-order chi connectivity index (χ0) is 18.9. The van der Waals surface area contributed by atoms with Crippen LogP contribution in [0.1, 0.15) is 37.2 Å². The highest BCUT2D eigenvalue weighted by molar-refractivity contribution is 5.12. The summed E-state index contributed by atoms with van der Waals surface area (Å²) in [4.78, 5) is 25.6. The molecule has 1 N–H and O–H groups in total. The number of likely N-dealkylation sites (tertiary alicyclic amines) is 1. The van der Waals surface area contributed by atoms with E-state index in [9.17, 15) is 4.79 Å². The fourth-order valence-electron chi connectivity index (χ4n) is 4.57. The van der Waals surface area contributed by atoms with Crippen LogP contribution in [-0.2, 0) is 11.3 Å². The molecule has 7 nitrogen and oxygen atoms in total. The van der Waals surface area contributed by atoms with Crippen LogP contribution in [-0.4, -0.2) is 51.3 Å². The van der Waals surface area contributed by atoms with Crippen LogP contribution in [0.4, 0.5) is 0 Å². The van der Waals surface area contributed by atoms with Gasteiger partial charge in [0.1, 0.15) is 11.9 Å². The van der Waals surface area contributed by atoms with Gasteiger partial charge in [-0.15, -0.1) is 0 Å². The van der Waals surface area contributed by atoms with Crippen LogP contribution in [0.2, 0.25) is 0 Å². The zero-order valence-electron chi connectivity index (χ0n) is 15.9. The molecule has 4 rings (SSSR count). The minimum atomic E-state index is -0.139. The molecular weight excluding hydrogens is 344 g/mol. The lowest BCUT2D eigenvalue weighted by Gasteiger charge is -2.43. The Hall–Kier alpha value is -2.25. The Labute approximate surface area is 158 Å². The monoisotopic (exact) mass is 370 g/mol. The average molecular weight is 370 g/mol. The summed E-state index contributed by atoms with van der Waals surface area (Å²) in [5, 5.41) is 0. The van der Waals surface area contributed by atoms with Gasteiger partial charge in [0.25, 0.3) is 5.56 Å². The first-order valence-electron chi connectivity index (χ1n) is 9.52. The van der Waals surface area contributed by atoms with E-state index in [1.54, 1.807) is 12.3 Å². The van der Waals surface area contributed by atoms with Crippen LogP contribution in [0.3, 0.4) is 0 Å². The average Bonchev–Trinajstić information content (AvgIpc) is 3.00. The molecule has 1 aliphatic heterocycles. The van der Waals surface area contributed by atoms with Gasteiger partial charge in [-0.1, -0.05) is 6.07 Å². The molecular formula is C20H26N4O3. The van der Waals surface area contributed by atoms with Crippen molar-refractivity contribution >= 4 is 0 Å².